The predicted molar refractivity (Wildman–Crippen MR) is 191 cm³/mol. The number of carbonyl (C=O) groups excluding carboxylic acids is 3. The van der Waals surface area contributed by atoms with E-state index in [0.29, 0.717) is 70.3 Å². The molecule has 2 aliphatic rings. The average molecular weight is 757 g/mol. The van der Waals surface area contributed by atoms with Crippen LogP contribution >= 0.6 is 27.0 Å². The Morgan fingerprint density at radius 2 is 1.66 bits per heavy atom. The van der Waals surface area contributed by atoms with E-state index in [2.05, 4.69) is 26.4 Å². The van der Waals surface area contributed by atoms with Crippen molar-refractivity contribution in [2.24, 2.45) is 21.8 Å². The van der Waals surface area contributed by atoms with Gasteiger partial charge in [0.2, 0.25) is 17.6 Å². The van der Waals surface area contributed by atoms with Crippen molar-refractivity contribution in [3.8, 4) is 0 Å². The van der Waals surface area contributed by atoms with Gasteiger partial charge in [-0.3, -0.25) is 23.5 Å². The van der Waals surface area contributed by atoms with Crippen molar-refractivity contribution in [3.63, 3.8) is 0 Å². The summed E-state index contributed by atoms with van der Waals surface area (Å²) in [5.41, 5.74) is -1.55. The molecule has 1 fully saturated rings. The highest BCUT2D eigenvalue weighted by Crippen LogP contribution is 2.58. The molecule has 0 radical (unpaired) electrons. The lowest BCUT2D eigenvalue weighted by Crippen LogP contribution is -2.52. The predicted octanol–water partition coefficient (Wildman–Crippen LogP) is 2.37. The van der Waals surface area contributed by atoms with Crippen LogP contribution in [0.25, 0.3) is 0 Å². The van der Waals surface area contributed by atoms with Crippen molar-refractivity contribution in [2.75, 3.05) is 38.6 Å². The Labute approximate surface area is 296 Å². The van der Waals surface area contributed by atoms with Crippen molar-refractivity contribution >= 4 is 62.9 Å². The van der Waals surface area contributed by atoms with Gasteiger partial charge in [-0.15, -0.1) is 0 Å². The summed E-state index contributed by atoms with van der Waals surface area (Å²) in [6, 6.07) is 9.46. The summed E-state index contributed by atoms with van der Waals surface area (Å²) < 4.78 is 35.2. The van der Waals surface area contributed by atoms with E-state index in [-0.39, 0.29) is 35.5 Å². The van der Waals surface area contributed by atoms with Crippen LogP contribution in [0, 0.1) is 18.0 Å². The maximum absolute atomic E-state index is 13.8. The van der Waals surface area contributed by atoms with Gasteiger partial charge < -0.3 is 44.4 Å². The third-order valence-corrected chi connectivity index (χ3v) is 11.7. The molecule has 0 bridgehead atoms. The zero-order chi connectivity index (χ0) is 36.7. The Morgan fingerprint density at radius 3 is 2.22 bits per heavy atom. The molecular weight excluding hydrogens is 711 g/mol. The maximum atomic E-state index is 13.8. The Morgan fingerprint density at radius 1 is 1.02 bits per heavy atom. The molecule has 2 amide bonds. The van der Waals surface area contributed by atoms with Crippen molar-refractivity contribution < 1.29 is 52.4 Å². The number of nitrogens with one attached hydrogen (secondary N) is 2. The molecule has 6 N–H and O–H groups in total. The van der Waals surface area contributed by atoms with Gasteiger partial charge in [-0.1, -0.05) is 55.9 Å². The molecule has 274 valence electrons. The second-order valence-corrected chi connectivity index (χ2v) is 17.1. The van der Waals surface area contributed by atoms with Crippen molar-refractivity contribution in [2.45, 2.75) is 57.4 Å². The number of benzene rings is 1. The minimum Gasteiger partial charge on any atom is -0.410 e. The number of carbonyl (C=O) groups is 3. The summed E-state index contributed by atoms with van der Waals surface area (Å²) in [5.74, 6) is -1.39. The maximum Gasteiger partial charge on any atom is 0.480 e. The van der Waals surface area contributed by atoms with Crippen LogP contribution in [-0.4, -0.2) is 111 Å². The Kier molecular flexibility index (Phi) is 17.1. The summed E-state index contributed by atoms with van der Waals surface area (Å²) in [6.45, 7) is 6.29. The Balaban J connectivity index is 1.58. The zero-order valence-corrected chi connectivity index (χ0v) is 30.6. The standard InChI is InChI=1S/C30H44BN5O11P2S/c1-22(2)18-27(34-28(38)24(19-23-8-4-3-5-9-23)20-26(37)25-21-32-10-11-33-25)31-46-15-6-12-36(13-7-16-47-31)14-17-50-29(39)35-30(48(40,41)42)49(43,44)45/h3-5,8-10,21-22,24,27,30H,6-7,12-20H2,1-2H3,(H5-,34,35,38,39,40,41,42,43,44,45)/p+1/t24-,27+/m0/s1. The molecule has 0 unspecified atom stereocenters. The van der Waals surface area contributed by atoms with Crippen molar-refractivity contribution in [3.05, 3.63) is 48.3 Å². The highest BCUT2D eigenvalue weighted by atomic mass is 32.2. The number of ketones is 1. The molecule has 0 saturated carbocycles. The van der Waals surface area contributed by atoms with Crippen LogP contribution in [0.4, 0.5) is 4.79 Å². The van der Waals surface area contributed by atoms with E-state index in [4.69, 9.17) is 9.31 Å². The minimum atomic E-state index is -5.28. The highest BCUT2D eigenvalue weighted by molar-refractivity contribution is 8.13. The second kappa shape index (κ2) is 20.5. The van der Waals surface area contributed by atoms with Crippen LogP contribution in [0.15, 0.2) is 46.5 Å². The SMILES string of the molecule is CC(C)C[C@@H](NC(=O)[C@H](CC(=O)C1=N[C+]=CN=C1)Cc1ccccc1)B1OCCCN(CCSC(=O)NC(P(=O)(O)O)P(=O)(O)O)CCCO1. The fraction of sp³-hybridized carbons (Fsp3) is 0.567. The largest absolute Gasteiger partial charge is 0.480 e. The molecule has 0 aliphatic carbocycles. The van der Waals surface area contributed by atoms with Crippen LogP contribution in [0.5, 0.6) is 0 Å². The monoisotopic (exact) mass is 756 g/mol. The van der Waals surface area contributed by atoms with Gasteiger partial charge in [0.1, 0.15) is 6.21 Å². The lowest BCUT2D eigenvalue weighted by molar-refractivity contribution is -0.128. The number of hydrogen-bond donors (Lipinski definition) is 6. The van der Waals surface area contributed by atoms with Crippen molar-refractivity contribution in [1.82, 2.24) is 15.5 Å². The molecule has 1 saturated heterocycles. The van der Waals surface area contributed by atoms with Gasteiger partial charge in [0.05, 0.1) is 11.9 Å². The molecule has 50 heavy (non-hydrogen) atoms. The Hall–Kier alpha value is -2.59. The summed E-state index contributed by atoms with van der Waals surface area (Å²) in [4.78, 5) is 85.9. The van der Waals surface area contributed by atoms with Crippen LogP contribution < -0.4 is 10.6 Å². The van der Waals surface area contributed by atoms with E-state index in [1.807, 2.05) is 44.2 Å². The van der Waals surface area contributed by atoms with Gasteiger partial charge in [0.25, 0.3) is 16.7 Å². The smallest absolute Gasteiger partial charge is 0.410 e. The number of Topliss-reactive ketones (excluding diaryl/α,β-unsaturated/α-hetero) is 1. The molecule has 3 rings (SSSR count). The average Bonchev–Trinajstić information content (AvgIpc) is 3.05. The van der Waals surface area contributed by atoms with Gasteiger partial charge in [0, 0.05) is 50.0 Å². The van der Waals surface area contributed by atoms with Crippen LogP contribution in [0.3, 0.4) is 0 Å². The molecule has 0 spiro atoms. The molecule has 2 heterocycles. The summed E-state index contributed by atoms with van der Waals surface area (Å²) in [5, 5.41) is 3.90. The third-order valence-electron chi connectivity index (χ3n) is 7.64. The first kappa shape index (κ1) is 41.8. The van der Waals surface area contributed by atoms with Gasteiger partial charge in [0.15, 0.2) is 6.20 Å². The van der Waals surface area contributed by atoms with Crippen LogP contribution in [-0.2, 0) is 34.4 Å². The van der Waals surface area contributed by atoms with E-state index < -0.39 is 44.9 Å². The molecule has 1 aromatic carbocycles. The summed E-state index contributed by atoms with van der Waals surface area (Å²) in [6.07, 6.45) is 7.30. The fourth-order valence-electron chi connectivity index (χ4n) is 5.30. The van der Waals surface area contributed by atoms with Gasteiger partial charge in [-0.2, -0.15) is 0 Å². The first-order valence-corrected chi connectivity index (χ1v) is 20.5. The van der Waals surface area contributed by atoms with Crippen LogP contribution in [0.2, 0.25) is 0 Å². The molecule has 0 aromatic heterocycles. The normalized spacial score (nSPS) is 17.5. The number of amides is 2. The molecule has 2 aliphatic heterocycles. The number of rotatable bonds is 16. The van der Waals surface area contributed by atoms with Gasteiger partial charge in [-0.05, 0) is 37.2 Å². The molecule has 20 heteroatoms. The lowest BCUT2D eigenvalue weighted by atomic mass is 9.73. The second-order valence-electron chi connectivity index (χ2n) is 12.3. The topological polar surface area (TPSA) is 237 Å². The molecule has 16 nitrogen and oxygen atoms in total. The number of aliphatic imine (C=N–C) groups is 2. The molecule has 1 aromatic rings. The van der Waals surface area contributed by atoms with Crippen LogP contribution in [0.1, 0.15) is 45.1 Å². The van der Waals surface area contributed by atoms with Crippen molar-refractivity contribution in [1.29, 1.82) is 0 Å². The zero-order valence-electron chi connectivity index (χ0n) is 28.0. The fourth-order valence-corrected chi connectivity index (χ4v) is 8.35. The number of nitrogens with zero attached hydrogens (tertiary/aromatic N) is 3. The summed E-state index contributed by atoms with van der Waals surface area (Å²) >= 11 is 0.662. The number of thioether (sulfide) groups is 1. The lowest BCUT2D eigenvalue weighted by Gasteiger charge is -2.30. The van der Waals surface area contributed by atoms with E-state index >= 15 is 0 Å². The van der Waals surface area contributed by atoms with E-state index in [1.165, 1.54) is 12.4 Å². The Bertz CT molecular complexity index is 1440. The summed E-state index contributed by atoms with van der Waals surface area (Å²) in [7, 11) is -11.3. The van der Waals surface area contributed by atoms with Gasteiger partial charge in [-0.25, -0.2) is 4.99 Å². The first-order valence-electron chi connectivity index (χ1n) is 16.2. The van der Waals surface area contributed by atoms with E-state index in [1.54, 1.807) is 5.32 Å². The highest BCUT2D eigenvalue weighted by Gasteiger charge is 2.44. The number of hydrogen-bond acceptors (Lipinski definition) is 11. The van der Waals surface area contributed by atoms with Gasteiger partial charge >= 0.3 is 22.3 Å². The third kappa shape index (κ3) is 14.9. The minimum absolute atomic E-state index is 0.0717. The van der Waals surface area contributed by atoms with E-state index in [9.17, 15) is 43.1 Å². The molecule has 2 atom stereocenters. The van der Waals surface area contributed by atoms with E-state index in [0.717, 1.165) is 5.56 Å². The molecular formula is C30H45BN5O11P2S+. The quantitative estimate of drug-likeness (QED) is 0.0809. The first-order chi connectivity index (χ1) is 23.6.